The third kappa shape index (κ3) is 6.18. The van der Waals surface area contributed by atoms with E-state index in [0.717, 1.165) is 35.1 Å². The van der Waals surface area contributed by atoms with Crippen molar-refractivity contribution in [1.82, 2.24) is 5.32 Å². The Morgan fingerprint density at radius 2 is 2.00 bits per heavy atom. The first-order chi connectivity index (χ1) is 13.1. The zero-order valence-corrected chi connectivity index (χ0v) is 17.2. The van der Waals surface area contributed by atoms with E-state index in [9.17, 15) is 4.79 Å². The fourth-order valence-corrected chi connectivity index (χ4v) is 4.27. The maximum atomic E-state index is 12.3. The van der Waals surface area contributed by atoms with Gasteiger partial charge in [0.25, 0.3) is 5.91 Å². The molecular weight excluding hydrogens is 378 g/mol. The fraction of sp³-hybridized carbons (Fsp3) is 0.409. The summed E-state index contributed by atoms with van der Waals surface area (Å²) in [5, 5.41) is 3.71. The molecule has 2 aromatic rings. The maximum absolute atomic E-state index is 12.3. The number of carbonyl (C=O) groups is 1. The van der Waals surface area contributed by atoms with Gasteiger partial charge in [0.2, 0.25) is 0 Å². The van der Waals surface area contributed by atoms with Gasteiger partial charge in [0, 0.05) is 23.1 Å². The molecular formula is C22H26ClNO2S. The molecule has 0 aliphatic heterocycles. The molecule has 1 aliphatic rings. The highest BCUT2D eigenvalue weighted by Gasteiger charge is 2.16. The van der Waals surface area contributed by atoms with E-state index < -0.39 is 6.10 Å². The zero-order chi connectivity index (χ0) is 19.1. The molecule has 0 spiro atoms. The number of benzene rings is 2. The molecule has 1 aliphatic carbocycles. The maximum Gasteiger partial charge on any atom is 0.260 e. The summed E-state index contributed by atoms with van der Waals surface area (Å²) in [6, 6.07) is 14.1. The lowest BCUT2D eigenvalue weighted by Gasteiger charge is -2.19. The molecule has 0 radical (unpaired) electrons. The topological polar surface area (TPSA) is 38.3 Å². The molecule has 1 unspecified atom stereocenters. The number of thioether (sulfide) groups is 1. The Balaban J connectivity index is 1.37. The third-order valence-electron chi connectivity index (χ3n) is 4.71. The molecule has 0 aromatic heterocycles. The average molecular weight is 404 g/mol. The number of amides is 1. The number of hydrogen-bond donors (Lipinski definition) is 1. The molecule has 3 nitrogen and oxygen atoms in total. The molecule has 144 valence electrons. The minimum absolute atomic E-state index is 0.0731. The summed E-state index contributed by atoms with van der Waals surface area (Å²) in [7, 11) is 0. The third-order valence-corrected chi connectivity index (χ3v) is 5.97. The molecule has 0 fully saturated rings. The molecule has 3 rings (SSSR count). The van der Waals surface area contributed by atoms with Crippen LogP contribution < -0.4 is 10.1 Å². The SMILES string of the molecule is CC(Oc1ccc2c(c1)CCCC2)C(=O)NCCSCc1cccc(Cl)c1. The Morgan fingerprint density at radius 3 is 2.81 bits per heavy atom. The van der Waals surface area contributed by atoms with Crippen LogP contribution in [0.4, 0.5) is 0 Å². The second kappa shape index (κ2) is 10.0. The van der Waals surface area contributed by atoms with Gasteiger partial charge in [-0.25, -0.2) is 0 Å². The first-order valence-corrected chi connectivity index (χ1v) is 11.0. The molecule has 0 saturated heterocycles. The highest BCUT2D eigenvalue weighted by atomic mass is 35.5. The Hall–Kier alpha value is -1.65. The van der Waals surface area contributed by atoms with Crippen LogP contribution in [0.1, 0.15) is 36.5 Å². The largest absolute Gasteiger partial charge is 0.481 e. The van der Waals surface area contributed by atoms with Crippen LogP contribution in [0.5, 0.6) is 5.75 Å². The quantitative estimate of drug-likeness (QED) is 0.628. The highest BCUT2D eigenvalue weighted by molar-refractivity contribution is 7.98. The van der Waals surface area contributed by atoms with Crippen LogP contribution in [0, 0.1) is 0 Å². The van der Waals surface area contributed by atoms with Gasteiger partial charge >= 0.3 is 0 Å². The van der Waals surface area contributed by atoms with Crippen molar-refractivity contribution < 1.29 is 9.53 Å². The molecule has 1 N–H and O–H groups in total. The molecule has 1 atom stereocenters. The van der Waals surface area contributed by atoms with Crippen LogP contribution in [0.25, 0.3) is 0 Å². The summed E-state index contributed by atoms with van der Waals surface area (Å²) < 4.78 is 5.85. The lowest BCUT2D eigenvalue weighted by molar-refractivity contribution is -0.127. The standard InChI is InChI=1S/C22H26ClNO2S/c1-16(26-21-10-9-18-6-2-3-7-19(18)14-21)22(25)24-11-12-27-15-17-5-4-8-20(23)13-17/h4-5,8-10,13-14,16H,2-3,6-7,11-12,15H2,1H3,(H,24,25). The van der Waals surface area contributed by atoms with Gasteiger partial charge < -0.3 is 10.1 Å². The van der Waals surface area contributed by atoms with Gasteiger partial charge in [-0.15, -0.1) is 0 Å². The number of ether oxygens (including phenoxy) is 1. The summed E-state index contributed by atoms with van der Waals surface area (Å²) in [5.41, 5.74) is 3.98. The van der Waals surface area contributed by atoms with Gasteiger partial charge in [-0.05, 0) is 73.6 Å². The van der Waals surface area contributed by atoms with E-state index in [-0.39, 0.29) is 5.91 Å². The number of halogens is 1. The van der Waals surface area contributed by atoms with E-state index in [0.29, 0.717) is 6.54 Å². The van der Waals surface area contributed by atoms with Crippen molar-refractivity contribution in [3.8, 4) is 5.75 Å². The molecule has 0 heterocycles. The van der Waals surface area contributed by atoms with Gasteiger partial charge in [-0.2, -0.15) is 11.8 Å². The normalized spacial score (nSPS) is 14.3. The predicted molar refractivity (Wildman–Crippen MR) is 114 cm³/mol. The lowest BCUT2D eigenvalue weighted by atomic mass is 9.92. The molecule has 0 bridgehead atoms. The van der Waals surface area contributed by atoms with Crippen molar-refractivity contribution in [3.63, 3.8) is 0 Å². The smallest absolute Gasteiger partial charge is 0.260 e. The summed E-state index contributed by atoms with van der Waals surface area (Å²) in [6.45, 7) is 2.43. The van der Waals surface area contributed by atoms with Gasteiger partial charge in [-0.1, -0.05) is 29.8 Å². The van der Waals surface area contributed by atoms with E-state index in [2.05, 4.69) is 23.5 Å². The van der Waals surface area contributed by atoms with Gasteiger partial charge in [0.15, 0.2) is 6.10 Å². The molecule has 27 heavy (non-hydrogen) atoms. The van der Waals surface area contributed by atoms with Crippen molar-refractivity contribution in [2.45, 2.75) is 44.5 Å². The fourth-order valence-electron chi connectivity index (χ4n) is 3.25. The van der Waals surface area contributed by atoms with Gasteiger partial charge in [0.1, 0.15) is 5.75 Å². The lowest BCUT2D eigenvalue weighted by Crippen LogP contribution is -2.37. The van der Waals surface area contributed by atoms with Gasteiger partial charge in [0.05, 0.1) is 0 Å². The summed E-state index contributed by atoms with van der Waals surface area (Å²) in [6.07, 6.45) is 4.26. The van der Waals surface area contributed by atoms with Crippen LogP contribution in [0.3, 0.4) is 0 Å². The zero-order valence-electron chi connectivity index (χ0n) is 15.7. The molecule has 1 amide bonds. The summed E-state index contributed by atoms with van der Waals surface area (Å²) >= 11 is 7.76. The predicted octanol–water partition coefficient (Wildman–Crippen LogP) is 5.04. The first-order valence-electron chi connectivity index (χ1n) is 9.50. The second-order valence-corrected chi connectivity index (χ2v) is 8.41. The van der Waals surface area contributed by atoms with E-state index in [1.807, 2.05) is 24.3 Å². The monoisotopic (exact) mass is 403 g/mol. The number of carbonyl (C=O) groups excluding carboxylic acids is 1. The Labute approximate surface area is 170 Å². The van der Waals surface area contributed by atoms with E-state index in [4.69, 9.17) is 16.3 Å². The molecule has 0 saturated carbocycles. The average Bonchev–Trinajstić information content (AvgIpc) is 2.67. The minimum atomic E-state index is -0.496. The van der Waals surface area contributed by atoms with Crippen molar-refractivity contribution >= 4 is 29.3 Å². The number of rotatable bonds is 8. The first kappa shape index (κ1) is 20.1. The Bertz CT molecular complexity index is 781. The van der Waals surface area contributed by atoms with E-state index in [1.54, 1.807) is 18.7 Å². The van der Waals surface area contributed by atoms with Gasteiger partial charge in [-0.3, -0.25) is 4.79 Å². The van der Waals surface area contributed by atoms with E-state index in [1.165, 1.54) is 29.5 Å². The highest BCUT2D eigenvalue weighted by Crippen LogP contribution is 2.25. The Kier molecular flexibility index (Phi) is 7.48. The second-order valence-electron chi connectivity index (χ2n) is 6.87. The van der Waals surface area contributed by atoms with Crippen molar-refractivity contribution in [2.24, 2.45) is 0 Å². The van der Waals surface area contributed by atoms with Crippen LogP contribution in [-0.4, -0.2) is 24.3 Å². The Morgan fingerprint density at radius 1 is 1.19 bits per heavy atom. The number of fused-ring (bicyclic) bond motifs is 1. The van der Waals surface area contributed by atoms with Crippen molar-refractivity contribution in [2.75, 3.05) is 12.3 Å². The molecule has 5 heteroatoms. The van der Waals surface area contributed by atoms with Crippen LogP contribution in [0.2, 0.25) is 5.02 Å². The number of nitrogens with one attached hydrogen (secondary N) is 1. The molecule has 2 aromatic carbocycles. The van der Waals surface area contributed by atoms with Crippen molar-refractivity contribution in [1.29, 1.82) is 0 Å². The number of aryl methyl sites for hydroxylation is 2. The van der Waals surface area contributed by atoms with Crippen LogP contribution in [-0.2, 0) is 23.4 Å². The summed E-state index contributed by atoms with van der Waals surface area (Å²) in [5.74, 6) is 2.45. The van der Waals surface area contributed by atoms with Crippen LogP contribution >= 0.6 is 23.4 Å². The van der Waals surface area contributed by atoms with Crippen LogP contribution in [0.15, 0.2) is 42.5 Å². The van der Waals surface area contributed by atoms with E-state index >= 15 is 0 Å². The number of hydrogen-bond acceptors (Lipinski definition) is 3. The summed E-state index contributed by atoms with van der Waals surface area (Å²) in [4.78, 5) is 12.3. The van der Waals surface area contributed by atoms with Crippen molar-refractivity contribution in [3.05, 3.63) is 64.2 Å². The minimum Gasteiger partial charge on any atom is -0.481 e.